The van der Waals surface area contributed by atoms with E-state index in [0.717, 1.165) is 0 Å². The van der Waals surface area contributed by atoms with Gasteiger partial charge >= 0.3 is 20.4 Å². The van der Waals surface area contributed by atoms with Gasteiger partial charge < -0.3 is 55.9 Å². The van der Waals surface area contributed by atoms with E-state index in [1.54, 1.807) is 0 Å². The van der Waals surface area contributed by atoms with Crippen LogP contribution in [0.25, 0.3) is 0 Å². The second-order valence-corrected chi connectivity index (χ2v) is 2.27. The van der Waals surface area contributed by atoms with Crippen molar-refractivity contribution < 1.29 is 119 Å². The number of halogens is 4. The zero-order valence-corrected chi connectivity index (χ0v) is 11.3. The van der Waals surface area contributed by atoms with Gasteiger partial charge in [0.1, 0.15) is 0 Å². The molecule has 0 atom stereocenters. The van der Waals surface area contributed by atoms with Gasteiger partial charge in [-0.1, -0.05) is 0 Å². The monoisotopic (exact) mass is 438 g/mol. The molecule has 0 heterocycles. The summed E-state index contributed by atoms with van der Waals surface area (Å²) in [6.45, 7) is 0. The van der Waals surface area contributed by atoms with Crippen LogP contribution in [0.4, 0.5) is 0 Å². The fourth-order valence-corrected chi connectivity index (χ4v) is 0. The molecule has 0 saturated carbocycles. The van der Waals surface area contributed by atoms with Crippen molar-refractivity contribution in [2.45, 2.75) is 0 Å². The molecule has 0 saturated heterocycles. The quantitative estimate of drug-likeness (QED) is 0.317. The minimum atomic E-state index is -2.85. The molecule has 12 nitrogen and oxygen atoms in total. The van der Waals surface area contributed by atoms with Crippen LogP contribution in [0, 0.1) is 43.1 Å². The normalized spacial score (nSPS) is 8.47. The van der Waals surface area contributed by atoms with Gasteiger partial charge in [-0.05, 0) is 0 Å². The van der Waals surface area contributed by atoms with Gasteiger partial charge in [0.2, 0.25) is 0 Å². The predicted octanol–water partition coefficient (Wildman–Crippen LogP) is -14.3. The van der Waals surface area contributed by atoms with Crippen molar-refractivity contribution in [2.24, 2.45) is 0 Å². The number of rotatable bonds is 0. The summed E-state index contributed by atoms with van der Waals surface area (Å²) in [7, 11) is -11.4. The topological polar surface area (TPSA) is 277 Å². The molecule has 0 rings (SSSR count). The molecule has 0 fully saturated rings. The molecule has 0 aliphatic carbocycles. The molecule has 0 unspecified atom stereocenters. The molecule has 0 aliphatic heterocycles. The van der Waals surface area contributed by atoms with Crippen LogP contribution < -0.4 is 55.9 Å². The maximum absolute atomic E-state index is 8.41. The van der Waals surface area contributed by atoms with Gasteiger partial charge in [-0.25, -0.2) is 0 Å². The van der Waals surface area contributed by atoms with Gasteiger partial charge in [0.15, 0.2) is 0 Å². The van der Waals surface area contributed by atoms with Gasteiger partial charge in [0.25, 0.3) is 0 Å². The third kappa shape index (κ3) is 2270. The van der Waals surface area contributed by atoms with E-state index in [1.807, 2.05) is 0 Å². The maximum Gasteiger partial charge on any atom is 4.00 e. The van der Waals surface area contributed by atoms with E-state index >= 15 is 0 Å². The summed E-state index contributed by atoms with van der Waals surface area (Å²) in [5, 5.41) is 0. The van der Waals surface area contributed by atoms with Crippen molar-refractivity contribution in [2.75, 3.05) is 0 Å². The zero-order chi connectivity index (χ0) is 14.3. The molecule has 0 radical (unpaired) electrons. The Bertz CT molecular complexity index is 61.5. The Morgan fingerprint density at radius 3 is 0.294 bits per heavy atom. The third-order valence-corrected chi connectivity index (χ3v) is 0. The third-order valence-electron chi connectivity index (χ3n) is 0. The van der Waals surface area contributed by atoms with Crippen LogP contribution in [0.5, 0.6) is 0 Å². The van der Waals surface area contributed by atoms with E-state index in [1.165, 1.54) is 0 Å². The second-order valence-electron chi connectivity index (χ2n) is 0.756. The van der Waals surface area contributed by atoms with Gasteiger partial charge in [0.05, 0.1) is 43.1 Å². The minimum absolute atomic E-state index is 0. The van der Waals surface area contributed by atoms with E-state index in [4.69, 9.17) is 55.9 Å². The van der Waals surface area contributed by atoms with E-state index in [-0.39, 0.29) is 20.4 Å². The summed E-state index contributed by atoms with van der Waals surface area (Å²) in [6.07, 6.45) is 0. The first kappa shape index (κ1) is 31.0. The van der Waals surface area contributed by atoms with Crippen LogP contribution in [-0.2, 0) is 20.4 Å². The van der Waals surface area contributed by atoms with Gasteiger partial charge in [0, 0.05) is 0 Å². The molecule has 0 aromatic carbocycles. The SMILES string of the molecule is [O-][Cl+2]([O-])[O-].[O-][Cl+2]([O-])[O-].[O-][Cl+2]([O-])[O-].[O-][Cl+2]([O-])[O-].[Pd+4]. The number of hydrogen-bond acceptors (Lipinski definition) is 12. The molecule has 0 aromatic rings. The van der Waals surface area contributed by atoms with E-state index in [2.05, 4.69) is 0 Å². The van der Waals surface area contributed by atoms with Crippen molar-refractivity contribution in [3.05, 3.63) is 0 Å². The molecule has 0 aromatic heterocycles. The Balaban J connectivity index is -0.0000000369. The van der Waals surface area contributed by atoms with Crippen molar-refractivity contribution in [3.63, 3.8) is 0 Å². The van der Waals surface area contributed by atoms with Crippen molar-refractivity contribution in [3.8, 4) is 0 Å². The summed E-state index contributed by atoms with van der Waals surface area (Å²) in [5.74, 6) is 0. The average Bonchev–Trinajstić information content (AvgIpc) is 1.76. The van der Waals surface area contributed by atoms with Gasteiger partial charge in [-0.3, -0.25) is 0 Å². The number of hydrogen-bond donors (Lipinski definition) is 0. The zero-order valence-electron chi connectivity index (χ0n) is 6.73. The first-order valence-corrected chi connectivity index (χ1v) is 5.55. The van der Waals surface area contributed by atoms with Crippen LogP contribution in [0.15, 0.2) is 0 Å². The Labute approximate surface area is 119 Å². The molecule has 0 spiro atoms. The van der Waals surface area contributed by atoms with E-state index < -0.39 is 43.1 Å². The summed E-state index contributed by atoms with van der Waals surface area (Å²) in [4.78, 5) is 0. The van der Waals surface area contributed by atoms with Crippen molar-refractivity contribution >= 4 is 0 Å². The first-order chi connectivity index (χ1) is 6.93. The summed E-state index contributed by atoms with van der Waals surface area (Å²) >= 11 is 0. The van der Waals surface area contributed by atoms with Crippen LogP contribution >= 0.6 is 0 Å². The van der Waals surface area contributed by atoms with Gasteiger partial charge in [-0.15, -0.1) is 0 Å². The van der Waals surface area contributed by atoms with Crippen LogP contribution in [0.2, 0.25) is 0 Å². The van der Waals surface area contributed by atoms with Crippen LogP contribution in [0.3, 0.4) is 0 Å². The summed E-state index contributed by atoms with van der Waals surface area (Å²) in [6, 6.07) is 0. The molecule has 0 aliphatic rings. The average molecular weight is 440 g/mol. The predicted molar refractivity (Wildman–Crippen MR) is 0 cm³/mol. The minimum Gasteiger partial charge on any atom is -0.357 e. The van der Waals surface area contributed by atoms with Crippen molar-refractivity contribution in [1.29, 1.82) is 0 Å². The fraction of sp³-hybridized carbons (Fsp3) is 0. The Hall–Kier alpha value is 1.34. The molecule has 0 bridgehead atoms. The molecule has 110 valence electrons. The van der Waals surface area contributed by atoms with Crippen molar-refractivity contribution in [1.82, 2.24) is 0 Å². The Morgan fingerprint density at radius 2 is 0.294 bits per heavy atom. The summed E-state index contributed by atoms with van der Waals surface area (Å²) < 4.78 is 101. The Kier molecular flexibility index (Phi) is 47.4. The van der Waals surface area contributed by atoms with E-state index in [9.17, 15) is 0 Å². The summed E-state index contributed by atoms with van der Waals surface area (Å²) in [5.41, 5.74) is 0. The molecule has 17 heavy (non-hydrogen) atoms. The molecule has 0 N–H and O–H groups in total. The van der Waals surface area contributed by atoms with Crippen LogP contribution in [0.1, 0.15) is 0 Å². The second kappa shape index (κ2) is 26.0. The largest absolute Gasteiger partial charge is 4.00 e. The fourth-order valence-electron chi connectivity index (χ4n) is 0. The standard InChI is InChI=1S/4ClO3.Pd/c4*2-1(3)4;/q4*-1;+4. The molecule has 0 amide bonds. The molecular formula is Cl4O12Pd. The first-order valence-electron chi connectivity index (χ1n) is 1.85. The molecular weight excluding hydrogens is 440 g/mol. The van der Waals surface area contributed by atoms with Crippen LogP contribution in [-0.4, -0.2) is 0 Å². The van der Waals surface area contributed by atoms with Gasteiger partial charge in [-0.2, -0.15) is 0 Å². The van der Waals surface area contributed by atoms with E-state index in [0.29, 0.717) is 0 Å². The maximum atomic E-state index is 8.41. The smallest absolute Gasteiger partial charge is 0.357 e. The Morgan fingerprint density at radius 1 is 0.294 bits per heavy atom. The molecule has 17 heteroatoms.